The predicted octanol–water partition coefficient (Wildman–Crippen LogP) is 5.00. The van der Waals surface area contributed by atoms with E-state index in [-0.39, 0.29) is 5.56 Å². The zero-order chi connectivity index (χ0) is 14.3. The summed E-state index contributed by atoms with van der Waals surface area (Å²) in [6.07, 6.45) is -2.79. The Labute approximate surface area is 129 Å². The highest BCUT2D eigenvalue weighted by atomic mass is 127. The average Bonchev–Trinajstić information content (AvgIpc) is 3.09. The van der Waals surface area contributed by atoms with Crippen molar-refractivity contribution in [3.8, 4) is 5.75 Å². The van der Waals surface area contributed by atoms with Gasteiger partial charge in [-0.1, -0.05) is 12.1 Å². The van der Waals surface area contributed by atoms with Crippen LogP contribution in [0.3, 0.4) is 0 Å². The summed E-state index contributed by atoms with van der Waals surface area (Å²) >= 11 is 5.29. The van der Waals surface area contributed by atoms with Crippen molar-refractivity contribution in [1.82, 2.24) is 0 Å². The maximum atomic E-state index is 12.9. The lowest BCUT2D eigenvalue weighted by Gasteiger charge is -2.16. The second-order valence-electron chi connectivity index (χ2n) is 3.76. The third-order valence-corrected chi connectivity index (χ3v) is 3.14. The summed E-state index contributed by atoms with van der Waals surface area (Å²) in [5, 5.41) is 6.32. The van der Waals surface area contributed by atoms with Crippen molar-refractivity contribution in [3.63, 3.8) is 0 Å². The summed E-state index contributed by atoms with van der Waals surface area (Å²) in [6.45, 7) is 0. The number of methoxy groups -OCH3 is 1. The zero-order valence-corrected chi connectivity index (χ0v) is 13.2. The van der Waals surface area contributed by atoms with E-state index in [4.69, 9.17) is 4.74 Å². The number of alkyl halides is 3. The van der Waals surface area contributed by atoms with Gasteiger partial charge in [0.15, 0.2) is 0 Å². The second-order valence-corrected chi connectivity index (χ2v) is 7.26. The molecule has 0 saturated carbocycles. The van der Waals surface area contributed by atoms with Gasteiger partial charge in [-0.05, 0) is 50.7 Å². The van der Waals surface area contributed by atoms with Crippen molar-refractivity contribution in [2.75, 3.05) is 7.11 Å². The Hall–Kier alpha value is -0.640. The van der Waals surface area contributed by atoms with E-state index in [0.717, 1.165) is 2.49 Å². The fourth-order valence-electron chi connectivity index (χ4n) is 1.61. The van der Waals surface area contributed by atoms with Gasteiger partial charge in [-0.2, -0.15) is 13.2 Å². The quantitative estimate of drug-likeness (QED) is 0.601. The van der Waals surface area contributed by atoms with E-state index in [1.54, 1.807) is 12.1 Å². The summed E-state index contributed by atoms with van der Waals surface area (Å²) in [5.74, 6) is 0.340. The molecular weight excluding hydrogens is 440 g/mol. The van der Waals surface area contributed by atoms with Gasteiger partial charge in [0.25, 0.3) is 0 Å². The molecule has 1 aliphatic rings. The number of halogens is 5. The van der Waals surface area contributed by atoms with Gasteiger partial charge in [-0.15, -0.1) is 10.2 Å². The third-order valence-electron chi connectivity index (χ3n) is 2.60. The normalized spacial score (nSPS) is 17.5. The standard InChI is InChI=1S/C11H7BrF3IN2O/c1-19-8-5-7(3-2-6(8)4-9(12)16)10(17-18-10)11(13,14)15/h2-5H,1H3/b9-4-. The van der Waals surface area contributed by atoms with Crippen molar-refractivity contribution in [1.29, 1.82) is 0 Å². The van der Waals surface area contributed by atoms with Crippen LogP contribution in [0.25, 0.3) is 6.08 Å². The van der Waals surface area contributed by atoms with Crippen LogP contribution < -0.4 is 4.74 Å². The van der Waals surface area contributed by atoms with Crippen LogP contribution in [0, 0.1) is 0 Å². The number of rotatable bonds is 3. The Kier molecular flexibility index (Phi) is 3.92. The Morgan fingerprint density at radius 3 is 2.47 bits per heavy atom. The fourth-order valence-corrected chi connectivity index (χ4v) is 2.19. The third kappa shape index (κ3) is 2.78. The van der Waals surface area contributed by atoms with E-state index >= 15 is 0 Å². The molecule has 1 aromatic carbocycles. The Bertz CT molecular complexity index is 562. The molecule has 0 spiro atoms. The molecule has 0 N–H and O–H groups in total. The second kappa shape index (κ2) is 5.04. The first kappa shape index (κ1) is 14.8. The molecule has 0 aliphatic carbocycles. The minimum Gasteiger partial charge on any atom is -0.496 e. The van der Waals surface area contributed by atoms with E-state index in [9.17, 15) is 13.2 Å². The summed E-state index contributed by atoms with van der Waals surface area (Å²) in [4.78, 5) is 0. The molecule has 102 valence electrons. The van der Waals surface area contributed by atoms with Crippen LogP contribution in [0.15, 0.2) is 30.9 Å². The average molecular weight is 447 g/mol. The highest BCUT2D eigenvalue weighted by molar-refractivity contribution is 14.1. The molecular formula is C11H7BrF3IN2O. The van der Waals surface area contributed by atoms with Crippen LogP contribution in [0.5, 0.6) is 5.75 Å². The minimum absolute atomic E-state index is 0.0430. The molecule has 0 saturated heterocycles. The Morgan fingerprint density at radius 2 is 2.05 bits per heavy atom. The summed E-state index contributed by atoms with van der Waals surface area (Å²) in [5.41, 5.74) is -1.78. The van der Waals surface area contributed by atoms with Gasteiger partial charge in [-0.25, -0.2) is 0 Å². The van der Waals surface area contributed by atoms with Crippen molar-refractivity contribution >= 4 is 44.6 Å². The number of benzene rings is 1. The molecule has 0 amide bonds. The largest absolute Gasteiger partial charge is 0.496 e. The first-order valence-corrected chi connectivity index (χ1v) is 6.89. The highest BCUT2D eigenvalue weighted by Crippen LogP contribution is 2.53. The first-order chi connectivity index (χ1) is 8.80. The molecule has 1 aromatic rings. The van der Waals surface area contributed by atoms with Crippen LogP contribution >= 0.6 is 38.5 Å². The Balaban J connectivity index is 2.44. The molecule has 0 bridgehead atoms. The lowest BCUT2D eigenvalue weighted by atomic mass is 10.0. The molecule has 0 aromatic heterocycles. The fraction of sp³-hybridized carbons (Fsp3) is 0.273. The molecule has 1 heterocycles. The number of ether oxygens (including phenoxy) is 1. The molecule has 2 rings (SSSR count). The zero-order valence-electron chi connectivity index (χ0n) is 9.50. The molecule has 0 unspecified atom stereocenters. The molecule has 8 heteroatoms. The van der Waals surface area contributed by atoms with Crippen molar-refractivity contribution < 1.29 is 17.9 Å². The van der Waals surface area contributed by atoms with E-state index < -0.39 is 11.8 Å². The summed E-state index contributed by atoms with van der Waals surface area (Å²) in [6, 6.07) is 4.21. The number of hydrogen-bond donors (Lipinski definition) is 0. The van der Waals surface area contributed by atoms with E-state index in [1.807, 2.05) is 22.6 Å². The van der Waals surface area contributed by atoms with Gasteiger partial charge < -0.3 is 4.74 Å². The van der Waals surface area contributed by atoms with E-state index in [1.165, 1.54) is 19.2 Å². The molecule has 0 atom stereocenters. The summed E-state index contributed by atoms with van der Waals surface area (Å²) < 4.78 is 44.5. The van der Waals surface area contributed by atoms with Gasteiger partial charge in [0, 0.05) is 11.1 Å². The summed E-state index contributed by atoms with van der Waals surface area (Å²) in [7, 11) is 1.40. The van der Waals surface area contributed by atoms with Gasteiger partial charge >= 0.3 is 11.8 Å². The van der Waals surface area contributed by atoms with Crippen LogP contribution in [0.2, 0.25) is 0 Å². The minimum atomic E-state index is -4.53. The molecule has 19 heavy (non-hydrogen) atoms. The van der Waals surface area contributed by atoms with E-state index in [2.05, 4.69) is 26.2 Å². The molecule has 0 radical (unpaired) electrons. The van der Waals surface area contributed by atoms with Crippen molar-refractivity contribution in [2.45, 2.75) is 11.8 Å². The van der Waals surface area contributed by atoms with Gasteiger partial charge in [0.05, 0.1) is 9.60 Å². The number of hydrogen-bond acceptors (Lipinski definition) is 3. The van der Waals surface area contributed by atoms with E-state index in [0.29, 0.717) is 11.3 Å². The highest BCUT2D eigenvalue weighted by Gasteiger charge is 2.65. The maximum absolute atomic E-state index is 12.9. The van der Waals surface area contributed by atoms with Gasteiger partial charge in [0.2, 0.25) is 0 Å². The SMILES string of the molecule is COc1cc(C2(C(F)(F)F)N=N2)ccc1/C=C(/Br)I. The topological polar surface area (TPSA) is 34.0 Å². The Morgan fingerprint density at radius 1 is 1.42 bits per heavy atom. The van der Waals surface area contributed by atoms with Crippen LogP contribution in [0.4, 0.5) is 13.2 Å². The maximum Gasteiger partial charge on any atom is 0.442 e. The van der Waals surface area contributed by atoms with Gasteiger partial charge in [-0.3, -0.25) is 0 Å². The lowest BCUT2D eigenvalue weighted by molar-refractivity contribution is -0.166. The smallest absolute Gasteiger partial charge is 0.442 e. The molecule has 0 fully saturated rings. The van der Waals surface area contributed by atoms with Crippen LogP contribution in [-0.4, -0.2) is 13.3 Å². The van der Waals surface area contributed by atoms with Crippen molar-refractivity contribution in [3.05, 3.63) is 31.8 Å². The van der Waals surface area contributed by atoms with Crippen LogP contribution in [0.1, 0.15) is 11.1 Å². The molecule has 3 nitrogen and oxygen atoms in total. The molecule has 1 aliphatic heterocycles. The first-order valence-electron chi connectivity index (χ1n) is 5.02. The lowest BCUT2D eigenvalue weighted by Crippen LogP contribution is -2.30. The van der Waals surface area contributed by atoms with Gasteiger partial charge in [0.1, 0.15) is 5.75 Å². The van der Waals surface area contributed by atoms with Crippen molar-refractivity contribution in [2.24, 2.45) is 10.2 Å². The van der Waals surface area contributed by atoms with Crippen LogP contribution in [-0.2, 0) is 5.66 Å². The predicted molar refractivity (Wildman–Crippen MR) is 76.5 cm³/mol. The monoisotopic (exact) mass is 446 g/mol. The number of nitrogens with zero attached hydrogens (tertiary/aromatic N) is 2.